The van der Waals surface area contributed by atoms with Crippen molar-refractivity contribution in [2.24, 2.45) is 0 Å². The Morgan fingerprint density at radius 2 is 2.24 bits per heavy atom. The molecule has 1 aromatic carbocycles. The number of esters is 1. The second kappa shape index (κ2) is 5.33. The zero-order valence-corrected chi connectivity index (χ0v) is 11.7. The first-order valence-electron chi connectivity index (χ1n) is 6.85. The number of aliphatic hydroxyl groups is 1. The third-order valence-corrected chi connectivity index (χ3v) is 3.85. The van der Waals surface area contributed by atoms with Gasteiger partial charge in [-0.15, -0.1) is 0 Å². The molecule has 0 radical (unpaired) electrons. The number of carbonyl (C=O) groups excluding carboxylic acids is 1. The fourth-order valence-corrected chi connectivity index (χ4v) is 2.84. The lowest BCUT2D eigenvalue weighted by molar-refractivity contribution is 0.0597. The highest BCUT2D eigenvalue weighted by Crippen LogP contribution is 2.31. The largest absolute Gasteiger partial charge is 0.465 e. The SMILES string of the molecule is COC(=O)c1cc(-c2cccc(F)c2)n2c1CC(O)CC2. The normalized spacial score (nSPS) is 17.4. The molecule has 5 heteroatoms. The highest BCUT2D eigenvalue weighted by Gasteiger charge is 2.27. The number of carbonyl (C=O) groups is 1. The van der Waals surface area contributed by atoms with E-state index in [1.165, 1.54) is 19.2 Å². The van der Waals surface area contributed by atoms with Gasteiger partial charge in [0.05, 0.1) is 18.8 Å². The quantitative estimate of drug-likeness (QED) is 0.864. The van der Waals surface area contributed by atoms with E-state index in [2.05, 4.69) is 0 Å². The molecule has 0 aliphatic carbocycles. The van der Waals surface area contributed by atoms with Gasteiger partial charge in [0.15, 0.2) is 0 Å². The monoisotopic (exact) mass is 289 g/mol. The molecule has 0 fully saturated rings. The van der Waals surface area contributed by atoms with Gasteiger partial charge in [-0.3, -0.25) is 0 Å². The number of hydrogen-bond acceptors (Lipinski definition) is 3. The Labute approximate surface area is 121 Å². The summed E-state index contributed by atoms with van der Waals surface area (Å²) in [4.78, 5) is 11.9. The Hall–Kier alpha value is -2.14. The van der Waals surface area contributed by atoms with Crippen molar-refractivity contribution in [1.82, 2.24) is 4.57 Å². The summed E-state index contributed by atoms with van der Waals surface area (Å²) in [5.74, 6) is -0.756. The highest BCUT2D eigenvalue weighted by molar-refractivity contribution is 5.92. The van der Waals surface area contributed by atoms with Crippen LogP contribution in [-0.4, -0.2) is 28.9 Å². The lowest BCUT2D eigenvalue weighted by Crippen LogP contribution is -2.24. The predicted molar refractivity (Wildman–Crippen MR) is 75.5 cm³/mol. The van der Waals surface area contributed by atoms with E-state index in [-0.39, 0.29) is 5.82 Å². The molecule has 2 heterocycles. The zero-order valence-electron chi connectivity index (χ0n) is 11.7. The minimum Gasteiger partial charge on any atom is -0.465 e. The van der Waals surface area contributed by atoms with Crippen molar-refractivity contribution in [2.45, 2.75) is 25.5 Å². The average Bonchev–Trinajstić information content (AvgIpc) is 2.85. The molecule has 0 spiro atoms. The van der Waals surface area contributed by atoms with Crippen LogP contribution in [0.1, 0.15) is 22.5 Å². The first-order chi connectivity index (χ1) is 10.1. The van der Waals surface area contributed by atoms with Crippen molar-refractivity contribution in [3.63, 3.8) is 0 Å². The summed E-state index contributed by atoms with van der Waals surface area (Å²) in [5, 5.41) is 9.83. The molecule has 0 bridgehead atoms. The zero-order chi connectivity index (χ0) is 15.0. The third-order valence-electron chi connectivity index (χ3n) is 3.85. The molecule has 0 saturated heterocycles. The number of methoxy groups -OCH3 is 1. The number of ether oxygens (including phenoxy) is 1. The van der Waals surface area contributed by atoms with Crippen molar-refractivity contribution < 1.29 is 19.0 Å². The molecule has 21 heavy (non-hydrogen) atoms. The van der Waals surface area contributed by atoms with E-state index >= 15 is 0 Å². The summed E-state index contributed by atoms with van der Waals surface area (Å²) < 4.78 is 20.2. The van der Waals surface area contributed by atoms with E-state index in [9.17, 15) is 14.3 Å². The van der Waals surface area contributed by atoms with Crippen LogP contribution in [0.15, 0.2) is 30.3 Å². The highest BCUT2D eigenvalue weighted by atomic mass is 19.1. The summed E-state index contributed by atoms with van der Waals surface area (Å²) in [6, 6.07) is 7.98. The average molecular weight is 289 g/mol. The summed E-state index contributed by atoms with van der Waals surface area (Å²) in [7, 11) is 1.33. The van der Waals surface area contributed by atoms with Gasteiger partial charge in [0.1, 0.15) is 5.82 Å². The molecule has 1 unspecified atom stereocenters. The number of nitrogens with zero attached hydrogens (tertiary/aromatic N) is 1. The van der Waals surface area contributed by atoms with Crippen molar-refractivity contribution >= 4 is 5.97 Å². The van der Waals surface area contributed by atoms with Crippen molar-refractivity contribution in [3.8, 4) is 11.3 Å². The summed E-state index contributed by atoms with van der Waals surface area (Å²) in [6.07, 6.45) is 0.556. The van der Waals surface area contributed by atoms with Crippen LogP contribution < -0.4 is 0 Å². The lowest BCUT2D eigenvalue weighted by atomic mass is 10.0. The molecule has 1 aliphatic rings. The maximum Gasteiger partial charge on any atom is 0.339 e. The smallest absolute Gasteiger partial charge is 0.339 e. The van der Waals surface area contributed by atoms with Gasteiger partial charge in [0, 0.05) is 29.9 Å². The van der Waals surface area contributed by atoms with E-state index in [1.807, 2.05) is 4.57 Å². The van der Waals surface area contributed by atoms with Gasteiger partial charge >= 0.3 is 5.97 Å². The van der Waals surface area contributed by atoms with Crippen LogP contribution in [0.5, 0.6) is 0 Å². The van der Waals surface area contributed by atoms with Crippen molar-refractivity contribution in [1.29, 1.82) is 0 Å². The van der Waals surface area contributed by atoms with Crippen LogP contribution in [0.3, 0.4) is 0 Å². The Kier molecular flexibility index (Phi) is 3.51. The summed E-state index contributed by atoms with van der Waals surface area (Å²) in [5.41, 5.74) is 2.68. The van der Waals surface area contributed by atoms with Crippen molar-refractivity contribution in [2.75, 3.05) is 7.11 Å². The fourth-order valence-electron chi connectivity index (χ4n) is 2.84. The van der Waals surface area contributed by atoms with Crippen LogP contribution in [0.4, 0.5) is 4.39 Å². The minimum absolute atomic E-state index is 0.321. The summed E-state index contributed by atoms with van der Waals surface area (Å²) in [6.45, 7) is 0.597. The van der Waals surface area contributed by atoms with E-state index in [0.717, 1.165) is 11.4 Å². The van der Waals surface area contributed by atoms with Crippen molar-refractivity contribution in [3.05, 3.63) is 47.4 Å². The first-order valence-corrected chi connectivity index (χ1v) is 6.85. The number of benzene rings is 1. The van der Waals surface area contributed by atoms with Gasteiger partial charge < -0.3 is 14.4 Å². The maximum atomic E-state index is 13.4. The van der Waals surface area contributed by atoms with Crippen LogP contribution in [0, 0.1) is 5.82 Å². The Morgan fingerprint density at radius 1 is 1.43 bits per heavy atom. The van der Waals surface area contributed by atoms with Gasteiger partial charge in [-0.1, -0.05) is 12.1 Å². The van der Waals surface area contributed by atoms with E-state index < -0.39 is 12.1 Å². The fraction of sp³-hybridized carbons (Fsp3) is 0.312. The first kappa shape index (κ1) is 13.8. The molecule has 3 rings (SSSR count). The van der Waals surface area contributed by atoms with Gasteiger partial charge in [-0.05, 0) is 24.6 Å². The number of halogens is 1. The number of aromatic nitrogens is 1. The molecule has 0 saturated carbocycles. The molecule has 2 aromatic rings. The standard InChI is InChI=1S/C16H16FNO3/c1-21-16(20)13-9-14(10-3-2-4-11(17)7-10)18-6-5-12(19)8-15(13)18/h2-4,7,9,12,19H,5-6,8H2,1H3. The van der Waals surface area contributed by atoms with E-state index in [1.54, 1.807) is 18.2 Å². The van der Waals surface area contributed by atoms with Crippen LogP contribution in [-0.2, 0) is 17.7 Å². The van der Waals surface area contributed by atoms with E-state index in [4.69, 9.17) is 4.74 Å². The lowest BCUT2D eigenvalue weighted by Gasteiger charge is -2.23. The van der Waals surface area contributed by atoms with Crippen LogP contribution in [0.25, 0.3) is 11.3 Å². The molecular formula is C16H16FNO3. The number of fused-ring (bicyclic) bond motifs is 1. The van der Waals surface area contributed by atoms with Crippen LogP contribution >= 0.6 is 0 Å². The van der Waals surface area contributed by atoms with Gasteiger partial charge in [-0.25, -0.2) is 9.18 Å². The predicted octanol–water partition coefficient (Wildman–Crippen LogP) is 2.39. The van der Waals surface area contributed by atoms with Gasteiger partial charge in [0.2, 0.25) is 0 Å². The van der Waals surface area contributed by atoms with Gasteiger partial charge in [-0.2, -0.15) is 0 Å². The number of hydrogen-bond donors (Lipinski definition) is 1. The molecule has 4 nitrogen and oxygen atoms in total. The molecule has 1 atom stereocenters. The van der Waals surface area contributed by atoms with Gasteiger partial charge in [0.25, 0.3) is 0 Å². The Balaban J connectivity index is 2.16. The molecule has 1 aromatic heterocycles. The molecule has 0 amide bonds. The van der Waals surface area contributed by atoms with E-state index in [0.29, 0.717) is 30.5 Å². The Morgan fingerprint density at radius 3 is 2.95 bits per heavy atom. The second-order valence-corrected chi connectivity index (χ2v) is 5.19. The Bertz CT molecular complexity index is 693. The van der Waals surface area contributed by atoms with Crippen LogP contribution in [0.2, 0.25) is 0 Å². The number of aliphatic hydroxyl groups excluding tert-OH is 1. The number of rotatable bonds is 2. The molecule has 1 N–H and O–H groups in total. The molecule has 1 aliphatic heterocycles. The third kappa shape index (κ3) is 2.45. The molecule has 110 valence electrons. The molecular weight excluding hydrogens is 273 g/mol. The minimum atomic E-state index is -0.462. The topological polar surface area (TPSA) is 51.5 Å². The maximum absolute atomic E-state index is 13.4. The summed E-state index contributed by atoms with van der Waals surface area (Å²) >= 11 is 0. The second-order valence-electron chi connectivity index (χ2n) is 5.19.